The van der Waals surface area contributed by atoms with E-state index in [1.807, 2.05) is 0 Å². The zero-order valence-electron chi connectivity index (χ0n) is 12.2. The van der Waals surface area contributed by atoms with E-state index < -0.39 is 0 Å². The lowest BCUT2D eigenvalue weighted by Gasteiger charge is -2.21. The molecule has 1 aliphatic heterocycles. The third-order valence-corrected chi connectivity index (χ3v) is 4.86. The van der Waals surface area contributed by atoms with Crippen molar-refractivity contribution in [1.82, 2.24) is 15.5 Å². The van der Waals surface area contributed by atoms with Crippen LogP contribution in [0.4, 0.5) is 0 Å². The van der Waals surface area contributed by atoms with Crippen molar-refractivity contribution >= 4 is 0 Å². The van der Waals surface area contributed by atoms with Gasteiger partial charge in [-0.2, -0.15) is 4.98 Å². The van der Waals surface area contributed by atoms with Crippen molar-refractivity contribution in [3.63, 3.8) is 0 Å². The third kappa shape index (κ3) is 2.60. The number of nitrogens with zero attached hydrogens (tertiary/aromatic N) is 2. The molecule has 4 heteroatoms. The van der Waals surface area contributed by atoms with Gasteiger partial charge in [-0.3, -0.25) is 0 Å². The fraction of sp³-hybridized carbons (Fsp3) is 0.529. The van der Waals surface area contributed by atoms with E-state index in [1.165, 1.54) is 11.1 Å². The first-order valence-corrected chi connectivity index (χ1v) is 8.01. The molecule has 110 valence electrons. The molecule has 1 saturated heterocycles. The molecule has 4 nitrogen and oxygen atoms in total. The lowest BCUT2D eigenvalue weighted by Crippen LogP contribution is -2.27. The molecule has 2 aliphatic rings. The van der Waals surface area contributed by atoms with Crippen molar-refractivity contribution < 1.29 is 4.52 Å². The summed E-state index contributed by atoms with van der Waals surface area (Å²) in [6.45, 7) is 2.12. The normalized spacial score (nSPS) is 23.0. The molecule has 2 heterocycles. The molecule has 1 atom stereocenters. The van der Waals surface area contributed by atoms with Gasteiger partial charge in [-0.05, 0) is 56.3 Å². The van der Waals surface area contributed by atoms with Crippen LogP contribution >= 0.6 is 0 Å². The van der Waals surface area contributed by atoms with E-state index in [0.29, 0.717) is 11.8 Å². The van der Waals surface area contributed by atoms with Crippen LogP contribution in [0.15, 0.2) is 28.8 Å². The molecular weight excluding hydrogens is 262 g/mol. The summed E-state index contributed by atoms with van der Waals surface area (Å²) in [5.41, 5.74) is 2.92. The monoisotopic (exact) mass is 283 g/mol. The predicted molar refractivity (Wildman–Crippen MR) is 80.4 cm³/mol. The number of benzene rings is 1. The van der Waals surface area contributed by atoms with Crippen LogP contribution < -0.4 is 5.32 Å². The Balaban J connectivity index is 1.51. The Bertz CT molecular complexity index is 616. The topological polar surface area (TPSA) is 51.0 Å². The summed E-state index contributed by atoms with van der Waals surface area (Å²) >= 11 is 0. The Morgan fingerprint density at radius 2 is 1.81 bits per heavy atom. The maximum absolute atomic E-state index is 5.59. The first-order valence-electron chi connectivity index (χ1n) is 8.01. The van der Waals surface area contributed by atoms with E-state index in [1.54, 1.807) is 0 Å². The highest BCUT2D eigenvalue weighted by atomic mass is 16.5. The van der Waals surface area contributed by atoms with Crippen molar-refractivity contribution in [3.8, 4) is 0 Å². The van der Waals surface area contributed by atoms with Crippen LogP contribution in [0.1, 0.15) is 53.9 Å². The van der Waals surface area contributed by atoms with Crippen molar-refractivity contribution in [2.24, 2.45) is 0 Å². The Morgan fingerprint density at radius 1 is 1.00 bits per heavy atom. The van der Waals surface area contributed by atoms with Gasteiger partial charge in [-0.1, -0.05) is 29.4 Å². The highest BCUT2D eigenvalue weighted by Gasteiger charge is 2.27. The van der Waals surface area contributed by atoms with Gasteiger partial charge in [-0.15, -0.1) is 0 Å². The summed E-state index contributed by atoms with van der Waals surface area (Å²) in [7, 11) is 0. The number of hydrogen-bond donors (Lipinski definition) is 1. The fourth-order valence-electron chi connectivity index (χ4n) is 3.57. The molecule has 0 saturated carbocycles. The number of aromatic nitrogens is 2. The number of piperidine rings is 1. The molecule has 1 aromatic carbocycles. The Kier molecular flexibility index (Phi) is 3.47. The minimum atomic E-state index is 0.392. The quantitative estimate of drug-likeness (QED) is 0.921. The second-order valence-electron chi connectivity index (χ2n) is 6.22. The second kappa shape index (κ2) is 5.60. The third-order valence-electron chi connectivity index (χ3n) is 4.86. The molecule has 1 unspecified atom stereocenters. The molecule has 2 aromatic rings. The predicted octanol–water partition coefficient (Wildman–Crippen LogP) is 2.81. The van der Waals surface area contributed by atoms with E-state index in [-0.39, 0.29) is 0 Å². The molecule has 21 heavy (non-hydrogen) atoms. The molecule has 1 N–H and O–H groups in total. The van der Waals surface area contributed by atoms with Crippen LogP contribution in [-0.2, 0) is 12.8 Å². The molecule has 1 fully saturated rings. The number of nitrogens with one attached hydrogen (secondary N) is 1. The molecular formula is C17H21N3O. The molecule has 0 bridgehead atoms. The van der Waals surface area contributed by atoms with Gasteiger partial charge in [-0.25, -0.2) is 0 Å². The van der Waals surface area contributed by atoms with Gasteiger partial charge in [0.05, 0.1) is 0 Å². The smallest absolute Gasteiger partial charge is 0.230 e. The number of hydrogen-bond acceptors (Lipinski definition) is 4. The van der Waals surface area contributed by atoms with E-state index in [0.717, 1.165) is 56.9 Å². The number of aryl methyl sites for hydroxylation is 1. The van der Waals surface area contributed by atoms with Crippen LogP contribution in [0.5, 0.6) is 0 Å². The van der Waals surface area contributed by atoms with Crippen molar-refractivity contribution in [2.75, 3.05) is 13.1 Å². The summed E-state index contributed by atoms with van der Waals surface area (Å²) in [4.78, 5) is 4.72. The zero-order chi connectivity index (χ0) is 14.1. The second-order valence-corrected chi connectivity index (χ2v) is 6.22. The van der Waals surface area contributed by atoms with E-state index in [2.05, 4.69) is 34.7 Å². The van der Waals surface area contributed by atoms with Crippen LogP contribution in [-0.4, -0.2) is 23.2 Å². The van der Waals surface area contributed by atoms with Gasteiger partial charge in [0.2, 0.25) is 5.89 Å². The molecule has 4 rings (SSSR count). The summed E-state index contributed by atoms with van der Waals surface area (Å²) in [5, 5.41) is 7.64. The Hall–Kier alpha value is -1.68. The zero-order valence-corrected chi connectivity index (χ0v) is 12.2. The molecule has 0 radical (unpaired) electrons. The van der Waals surface area contributed by atoms with E-state index in [9.17, 15) is 0 Å². The average molecular weight is 283 g/mol. The lowest BCUT2D eigenvalue weighted by molar-refractivity contribution is 0.332. The van der Waals surface area contributed by atoms with Crippen LogP contribution in [0, 0.1) is 0 Å². The Labute approximate surface area is 124 Å². The Morgan fingerprint density at radius 3 is 2.67 bits per heavy atom. The summed E-state index contributed by atoms with van der Waals surface area (Å²) in [6.07, 6.45) is 5.50. The van der Waals surface area contributed by atoms with Crippen molar-refractivity contribution in [1.29, 1.82) is 0 Å². The van der Waals surface area contributed by atoms with Crippen LogP contribution in [0.25, 0.3) is 0 Å². The fourth-order valence-corrected chi connectivity index (χ4v) is 3.57. The van der Waals surface area contributed by atoms with Crippen LogP contribution in [0.3, 0.4) is 0 Å². The maximum atomic E-state index is 5.59. The first-order chi connectivity index (χ1) is 10.4. The van der Waals surface area contributed by atoms with Gasteiger partial charge in [0.1, 0.15) is 0 Å². The van der Waals surface area contributed by atoms with Gasteiger partial charge in [0.15, 0.2) is 5.82 Å². The average Bonchev–Trinajstić information content (AvgIpc) is 3.05. The van der Waals surface area contributed by atoms with E-state index in [4.69, 9.17) is 9.51 Å². The first kappa shape index (κ1) is 13.0. The number of rotatable bonds is 2. The van der Waals surface area contributed by atoms with Crippen LogP contribution in [0.2, 0.25) is 0 Å². The molecule has 0 amide bonds. The van der Waals surface area contributed by atoms with Gasteiger partial charge < -0.3 is 9.84 Å². The summed E-state index contributed by atoms with van der Waals surface area (Å²) in [5.74, 6) is 2.63. The highest BCUT2D eigenvalue weighted by Crippen LogP contribution is 2.33. The lowest BCUT2D eigenvalue weighted by atomic mass is 9.84. The maximum Gasteiger partial charge on any atom is 0.230 e. The molecule has 0 spiro atoms. The summed E-state index contributed by atoms with van der Waals surface area (Å²) in [6, 6.07) is 8.71. The standard InChI is InChI=1S/C17H21N3O/c1-2-4-14-11-15(6-5-12(14)3-1)17-19-16(20-21-17)13-7-9-18-10-8-13/h1-4,13,15,18H,5-11H2. The number of fused-ring (bicyclic) bond motifs is 1. The summed E-state index contributed by atoms with van der Waals surface area (Å²) < 4.78 is 5.59. The minimum absolute atomic E-state index is 0.392. The minimum Gasteiger partial charge on any atom is -0.339 e. The largest absolute Gasteiger partial charge is 0.339 e. The van der Waals surface area contributed by atoms with Gasteiger partial charge in [0, 0.05) is 11.8 Å². The van der Waals surface area contributed by atoms with Crippen molar-refractivity contribution in [3.05, 3.63) is 47.1 Å². The molecule has 1 aliphatic carbocycles. The molecule has 1 aromatic heterocycles. The van der Waals surface area contributed by atoms with E-state index >= 15 is 0 Å². The van der Waals surface area contributed by atoms with Gasteiger partial charge in [0.25, 0.3) is 0 Å². The highest BCUT2D eigenvalue weighted by molar-refractivity contribution is 5.31. The SMILES string of the molecule is c1ccc2c(c1)CCC(c1nc(C3CCNCC3)no1)C2. The van der Waals surface area contributed by atoms with Gasteiger partial charge >= 0.3 is 0 Å². The van der Waals surface area contributed by atoms with Crippen molar-refractivity contribution in [2.45, 2.75) is 43.9 Å².